The standard InChI is InChI=1S/C6H10OS/c1-5-2-3-8-6(5)4-7/h4-6H,2-3H2,1H3. The molecule has 1 fully saturated rings. The first-order valence-electron chi connectivity index (χ1n) is 2.91. The van der Waals surface area contributed by atoms with Gasteiger partial charge in [-0.25, -0.2) is 0 Å². The third-order valence-corrected chi connectivity index (χ3v) is 3.01. The van der Waals surface area contributed by atoms with Crippen LogP contribution in [0.4, 0.5) is 0 Å². The molecule has 1 aliphatic heterocycles. The zero-order valence-corrected chi connectivity index (χ0v) is 5.78. The van der Waals surface area contributed by atoms with E-state index in [1.165, 1.54) is 12.2 Å². The summed E-state index contributed by atoms with van der Waals surface area (Å²) in [5, 5.41) is 0.301. The molecule has 0 aromatic carbocycles. The lowest BCUT2D eigenvalue weighted by Gasteiger charge is -2.02. The van der Waals surface area contributed by atoms with E-state index in [4.69, 9.17) is 0 Å². The quantitative estimate of drug-likeness (QED) is 0.498. The number of carbonyl (C=O) groups excluding carboxylic acids is 1. The smallest absolute Gasteiger partial charge is 0.133 e. The van der Waals surface area contributed by atoms with E-state index in [-0.39, 0.29) is 0 Å². The summed E-state index contributed by atoms with van der Waals surface area (Å²) in [5.41, 5.74) is 0. The minimum absolute atomic E-state index is 0.301. The Hall–Kier alpha value is 0.0200. The lowest BCUT2D eigenvalue weighted by molar-refractivity contribution is -0.107. The van der Waals surface area contributed by atoms with Gasteiger partial charge in [-0.1, -0.05) is 6.92 Å². The van der Waals surface area contributed by atoms with Gasteiger partial charge in [0.15, 0.2) is 0 Å². The molecule has 0 N–H and O–H groups in total. The van der Waals surface area contributed by atoms with Gasteiger partial charge in [0.25, 0.3) is 0 Å². The monoisotopic (exact) mass is 130 g/mol. The maximum Gasteiger partial charge on any atom is 0.133 e. The van der Waals surface area contributed by atoms with Crippen molar-refractivity contribution in [3.05, 3.63) is 0 Å². The average Bonchev–Trinajstić information content (AvgIpc) is 2.14. The molecule has 0 spiro atoms. The number of hydrogen-bond donors (Lipinski definition) is 0. The predicted octanol–water partition coefficient (Wildman–Crippen LogP) is 1.33. The van der Waals surface area contributed by atoms with E-state index in [0.29, 0.717) is 11.2 Å². The number of aldehydes is 1. The van der Waals surface area contributed by atoms with Gasteiger partial charge in [0.2, 0.25) is 0 Å². The van der Waals surface area contributed by atoms with Crippen molar-refractivity contribution in [3.8, 4) is 0 Å². The van der Waals surface area contributed by atoms with Crippen LogP contribution >= 0.6 is 11.8 Å². The lowest BCUT2D eigenvalue weighted by Crippen LogP contribution is -2.07. The highest BCUT2D eigenvalue weighted by atomic mass is 32.2. The predicted molar refractivity (Wildman–Crippen MR) is 36.1 cm³/mol. The maximum atomic E-state index is 10.2. The molecule has 1 aliphatic rings. The van der Waals surface area contributed by atoms with Crippen molar-refractivity contribution in [2.75, 3.05) is 5.75 Å². The molecule has 2 unspecified atom stereocenters. The van der Waals surface area contributed by atoms with Gasteiger partial charge in [-0.05, 0) is 18.1 Å². The summed E-state index contributed by atoms with van der Waals surface area (Å²) < 4.78 is 0. The molecule has 0 aromatic rings. The Labute approximate surface area is 53.8 Å². The Morgan fingerprint density at radius 2 is 2.50 bits per heavy atom. The minimum atomic E-state index is 0.301. The second-order valence-corrected chi connectivity index (χ2v) is 3.52. The molecule has 2 heteroatoms. The van der Waals surface area contributed by atoms with Gasteiger partial charge in [-0.2, -0.15) is 11.8 Å². The molecule has 2 atom stereocenters. The summed E-state index contributed by atoms with van der Waals surface area (Å²) in [5.74, 6) is 1.79. The second kappa shape index (κ2) is 2.53. The summed E-state index contributed by atoms with van der Waals surface area (Å²) in [4.78, 5) is 10.2. The van der Waals surface area contributed by atoms with Crippen molar-refractivity contribution in [3.63, 3.8) is 0 Å². The summed E-state index contributed by atoms with van der Waals surface area (Å²) in [7, 11) is 0. The van der Waals surface area contributed by atoms with Gasteiger partial charge in [-0.3, -0.25) is 0 Å². The van der Waals surface area contributed by atoms with Crippen molar-refractivity contribution in [1.29, 1.82) is 0 Å². The van der Waals surface area contributed by atoms with Crippen LogP contribution in [0.25, 0.3) is 0 Å². The van der Waals surface area contributed by atoms with Gasteiger partial charge in [-0.15, -0.1) is 0 Å². The number of rotatable bonds is 1. The third kappa shape index (κ3) is 1.05. The van der Waals surface area contributed by atoms with Crippen molar-refractivity contribution < 1.29 is 4.79 Å². The van der Waals surface area contributed by atoms with Crippen LogP contribution in [0.5, 0.6) is 0 Å². The van der Waals surface area contributed by atoms with Crippen molar-refractivity contribution in [2.45, 2.75) is 18.6 Å². The third-order valence-electron chi connectivity index (χ3n) is 1.58. The number of hydrogen-bond acceptors (Lipinski definition) is 2. The fraction of sp³-hybridized carbons (Fsp3) is 0.833. The van der Waals surface area contributed by atoms with Gasteiger partial charge in [0.1, 0.15) is 6.29 Å². The highest BCUT2D eigenvalue weighted by Gasteiger charge is 2.22. The van der Waals surface area contributed by atoms with Crippen LogP contribution in [-0.4, -0.2) is 17.3 Å². The first kappa shape index (κ1) is 6.14. The Morgan fingerprint density at radius 3 is 2.75 bits per heavy atom. The normalized spacial score (nSPS) is 37.6. The minimum Gasteiger partial charge on any atom is -0.302 e. The summed E-state index contributed by atoms with van der Waals surface area (Å²) >= 11 is 1.78. The zero-order valence-electron chi connectivity index (χ0n) is 4.96. The molecule has 1 saturated heterocycles. The van der Waals surface area contributed by atoms with E-state index in [9.17, 15) is 4.79 Å². The lowest BCUT2D eigenvalue weighted by atomic mass is 10.1. The van der Waals surface area contributed by atoms with Gasteiger partial charge in [0, 0.05) is 0 Å². The van der Waals surface area contributed by atoms with Gasteiger partial charge in [0.05, 0.1) is 5.25 Å². The molecule has 0 amide bonds. The second-order valence-electron chi connectivity index (χ2n) is 2.24. The summed E-state index contributed by atoms with van der Waals surface area (Å²) in [6, 6.07) is 0. The largest absolute Gasteiger partial charge is 0.302 e. The Balaban J connectivity index is 2.41. The van der Waals surface area contributed by atoms with Crippen molar-refractivity contribution in [1.82, 2.24) is 0 Å². The molecular formula is C6H10OS. The zero-order chi connectivity index (χ0) is 5.98. The van der Waals surface area contributed by atoms with E-state index in [1.807, 2.05) is 0 Å². The molecule has 1 rings (SSSR count). The van der Waals surface area contributed by atoms with Gasteiger partial charge >= 0.3 is 0 Å². The summed E-state index contributed by atoms with van der Waals surface area (Å²) in [6.07, 6.45) is 2.29. The van der Waals surface area contributed by atoms with Crippen LogP contribution in [0.1, 0.15) is 13.3 Å². The Morgan fingerprint density at radius 1 is 1.75 bits per heavy atom. The molecule has 0 radical (unpaired) electrons. The number of thioether (sulfide) groups is 1. The fourth-order valence-corrected chi connectivity index (χ4v) is 2.22. The van der Waals surface area contributed by atoms with Crippen LogP contribution in [-0.2, 0) is 4.79 Å². The van der Waals surface area contributed by atoms with E-state index >= 15 is 0 Å². The van der Waals surface area contributed by atoms with E-state index in [2.05, 4.69) is 6.92 Å². The average molecular weight is 130 g/mol. The molecule has 46 valence electrons. The molecule has 0 aromatic heterocycles. The first-order chi connectivity index (χ1) is 3.84. The van der Waals surface area contributed by atoms with Crippen molar-refractivity contribution in [2.24, 2.45) is 5.92 Å². The van der Waals surface area contributed by atoms with Crippen LogP contribution < -0.4 is 0 Å². The summed E-state index contributed by atoms with van der Waals surface area (Å²) in [6.45, 7) is 2.14. The molecule has 1 heterocycles. The molecule has 8 heavy (non-hydrogen) atoms. The molecule has 0 saturated carbocycles. The van der Waals surface area contributed by atoms with Crippen LogP contribution in [0.15, 0.2) is 0 Å². The Bertz CT molecular complexity index is 92.5. The van der Waals surface area contributed by atoms with E-state index < -0.39 is 0 Å². The molecule has 0 aliphatic carbocycles. The SMILES string of the molecule is CC1CCSC1C=O. The first-order valence-corrected chi connectivity index (χ1v) is 3.96. The highest BCUT2D eigenvalue weighted by molar-refractivity contribution is 8.00. The maximum absolute atomic E-state index is 10.2. The topological polar surface area (TPSA) is 17.1 Å². The van der Waals surface area contributed by atoms with Crippen LogP contribution in [0.2, 0.25) is 0 Å². The van der Waals surface area contributed by atoms with Gasteiger partial charge < -0.3 is 4.79 Å². The van der Waals surface area contributed by atoms with Crippen LogP contribution in [0.3, 0.4) is 0 Å². The fourth-order valence-electron chi connectivity index (χ4n) is 0.892. The highest BCUT2D eigenvalue weighted by Crippen LogP contribution is 2.29. The Kier molecular flexibility index (Phi) is 1.95. The van der Waals surface area contributed by atoms with E-state index in [0.717, 1.165) is 6.29 Å². The van der Waals surface area contributed by atoms with Crippen molar-refractivity contribution >= 4 is 18.0 Å². The van der Waals surface area contributed by atoms with Crippen LogP contribution in [0, 0.1) is 5.92 Å². The number of carbonyl (C=O) groups is 1. The molecular weight excluding hydrogens is 120 g/mol. The van der Waals surface area contributed by atoms with E-state index in [1.54, 1.807) is 11.8 Å². The molecule has 0 bridgehead atoms. The molecule has 1 nitrogen and oxygen atoms in total.